The Kier molecular flexibility index (Phi) is 6.02. The van der Waals surface area contributed by atoms with Crippen LogP contribution in [0.1, 0.15) is 15.9 Å². The Labute approximate surface area is 177 Å². The Hall–Kier alpha value is -2.74. The highest BCUT2D eigenvalue weighted by Crippen LogP contribution is 2.32. The average Bonchev–Trinajstić information content (AvgIpc) is 2.65. The number of carbonyl (C=O) groups is 1. The molecule has 3 aromatic rings. The summed E-state index contributed by atoms with van der Waals surface area (Å²) in [5.41, 5.74) is 0.687. The first-order valence-electron chi connectivity index (χ1n) is 8.25. The van der Waals surface area contributed by atoms with Crippen LogP contribution in [-0.4, -0.2) is 19.5 Å². The smallest absolute Gasteiger partial charge is 0.335 e. The summed E-state index contributed by atoms with van der Waals surface area (Å²) in [4.78, 5) is 11.1. The van der Waals surface area contributed by atoms with Gasteiger partial charge in [-0.05, 0) is 67.1 Å². The maximum Gasteiger partial charge on any atom is 0.335 e. The van der Waals surface area contributed by atoms with Crippen LogP contribution >= 0.6 is 23.2 Å². The number of nitrogens with one attached hydrogen (secondary N) is 1. The number of sulfonamides is 1. The molecule has 0 amide bonds. The van der Waals surface area contributed by atoms with Gasteiger partial charge >= 0.3 is 5.97 Å². The van der Waals surface area contributed by atoms with E-state index in [4.69, 9.17) is 27.9 Å². The third-order valence-electron chi connectivity index (χ3n) is 3.98. The topological polar surface area (TPSA) is 92.7 Å². The van der Waals surface area contributed by atoms with Crippen LogP contribution in [0.5, 0.6) is 11.5 Å². The minimum Gasteiger partial charge on any atom is -0.478 e. The standard InChI is InChI=1S/C20H15Cl2NO5S/c1-12-2-8-16(11-17(12)20(24)25)29(26,27)23-14-4-6-15(7-5-14)28-19-9-3-13(21)10-18(19)22/h2-11,23H,1H3,(H,24,25). The van der Waals surface area contributed by atoms with Gasteiger partial charge in [-0.25, -0.2) is 13.2 Å². The monoisotopic (exact) mass is 451 g/mol. The van der Waals surface area contributed by atoms with Crippen molar-refractivity contribution < 1.29 is 23.1 Å². The summed E-state index contributed by atoms with van der Waals surface area (Å²) in [6, 6.07) is 14.9. The highest BCUT2D eigenvalue weighted by molar-refractivity contribution is 7.92. The van der Waals surface area contributed by atoms with Crippen molar-refractivity contribution in [3.8, 4) is 11.5 Å². The number of aromatic carboxylic acids is 1. The highest BCUT2D eigenvalue weighted by Gasteiger charge is 2.18. The van der Waals surface area contributed by atoms with Crippen molar-refractivity contribution in [2.75, 3.05) is 4.72 Å². The Morgan fingerprint density at radius 2 is 1.69 bits per heavy atom. The van der Waals surface area contributed by atoms with Gasteiger partial charge in [-0.15, -0.1) is 0 Å². The average molecular weight is 452 g/mol. The van der Waals surface area contributed by atoms with Crippen LogP contribution in [0.25, 0.3) is 0 Å². The van der Waals surface area contributed by atoms with E-state index in [9.17, 15) is 18.3 Å². The lowest BCUT2D eigenvalue weighted by Gasteiger charge is -2.11. The maximum atomic E-state index is 12.6. The van der Waals surface area contributed by atoms with E-state index in [1.807, 2.05) is 0 Å². The number of aryl methyl sites for hydroxylation is 1. The first-order valence-corrected chi connectivity index (χ1v) is 10.5. The van der Waals surface area contributed by atoms with Gasteiger partial charge in [0.25, 0.3) is 10.0 Å². The van der Waals surface area contributed by atoms with Crippen LogP contribution in [-0.2, 0) is 10.0 Å². The van der Waals surface area contributed by atoms with Crippen LogP contribution in [0.4, 0.5) is 5.69 Å². The van der Waals surface area contributed by atoms with E-state index in [2.05, 4.69) is 4.72 Å². The normalized spacial score (nSPS) is 11.1. The molecule has 2 N–H and O–H groups in total. The Balaban J connectivity index is 1.78. The van der Waals surface area contributed by atoms with E-state index in [1.54, 1.807) is 37.3 Å². The Morgan fingerprint density at radius 1 is 1.00 bits per heavy atom. The van der Waals surface area contributed by atoms with Gasteiger partial charge in [0.05, 0.1) is 15.5 Å². The van der Waals surface area contributed by atoms with Gasteiger partial charge in [0.15, 0.2) is 0 Å². The first kappa shape index (κ1) is 21.0. The number of hydrogen-bond acceptors (Lipinski definition) is 4. The summed E-state index contributed by atoms with van der Waals surface area (Å²) < 4.78 is 33.2. The number of rotatable bonds is 6. The molecule has 0 unspecified atom stereocenters. The largest absolute Gasteiger partial charge is 0.478 e. The minimum absolute atomic E-state index is 0.0727. The Bertz CT molecular complexity index is 1180. The summed E-state index contributed by atoms with van der Waals surface area (Å²) in [5.74, 6) is -0.340. The Morgan fingerprint density at radius 3 is 2.31 bits per heavy atom. The fourth-order valence-electron chi connectivity index (χ4n) is 2.49. The van der Waals surface area contributed by atoms with Gasteiger partial charge in [0.2, 0.25) is 0 Å². The quantitative estimate of drug-likeness (QED) is 0.509. The predicted molar refractivity (Wildman–Crippen MR) is 112 cm³/mol. The van der Waals surface area contributed by atoms with E-state index in [1.165, 1.54) is 24.3 Å². The van der Waals surface area contributed by atoms with Crippen molar-refractivity contribution in [2.24, 2.45) is 0 Å². The molecule has 0 spiro atoms. The fourth-order valence-corrected chi connectivity index (χ4v) is 4.02. The second-order valence-electron chi connectivity index (χ2n) is 6.09. The molecule has 0 fully saturated rings. The fraction of sp³-hybridized carbons (Fsp3) is 0.0500. The minimum atomic E-state index is -3.96. The number of halogens is 2. The second kappa shape index (κ2) is 8.32. The first-order chi connectivity index (χ1) is 13.7. The molecule has 9 heteroatoms. The zero-order valence-corrected chi connectivity index (χ0v) is 17.3. The molecule has 3 aromatic carbocycles. The van der Waals surface area contributed by atoms with E-state index in [0.717, 1.165) is 6.07 Å². The van der Waals surface area contributed by atoms with Crippen LogP contribution in [0.3, 0.4) is 0 Å². The van der Waals surface area contributed by atoms with Crippen molar-refractivity contribution in [1.82, 2.24) is 0 Å². The van der Waals surface area contributed by atoms with Crippen molar-refractivity contribution in [3.63, 3.8) is 0 Å². The van der Waals surface area contributed by atoms with E-state index >= 15 is 0 Å². The zero-order valence-electron chi connectivity index (χ0n) is 15.0. The molecule has 0 saturated heterocycles. The number of benzene rings is 3. The molecule has 0 aliphatic rings. The molecule has 0 radical (unpaired) electrons. The van der Waals surface area contributed by atoms with Crippen molar-refractivity contribution in [1.29, 1.82) is 0 Å². The summed E-state index contributed by atoms with van der Waals surface area (Å²) >= 11 is 11.9. The van der Waals surface area contributed by atoms with Crippen LogP contribution in [0.2, 0.25) is 10.0 Å². The molecule has 0 saturated carbocycles. The third-order valence-corrected chi connectivity index (χ3v) is 5.89. The van der Waals surface area contributed by atoms with E-state index < -0.39 is 16.0 Å². The number of hydrogen-bond donors (Lipinski definition) is 2. The van der Waals surface area contributed by atoms with Crippen molar-refractivity contribution >= 4 is 44.9 Å². The second-order valence-corrected chi connectivity index (χ2v) is 8.61. The number of ether oxygens (including phenoxy) is 1. The molecule has 6 nitrogen and oxygen atoms in total. The molecule has 29 heavy (non-hydrogen) atoms. The molecule has 150 valence electrons. The number of carboxylic acids is 1. The van der Waals surface area contributed by atoms with Gasteiger partial charge in [0, 0.05) is 10.7 Å². The SMILES string of the molecule is Cc1ccc(S(=O)(=O)Nc2ccc(Oc3ccc(Cl)cc3Cl)cc2)cc1C(=O)O. The highest BCUT2D eigenvalue weighted by atomic mass is 35.5. The van der Waals surface area contributed by atoms with E-state index in [-0.39, 0.29) is 16.1 Å². The summed E-state index contributed by atoms with van der Waals surface area (Å²) in [6.07, 6.45) is 0. The van der Waals surface area contributed by atoms with Crippen LogP contribution in [0, 0.1) is 6.92 Å². The van der Waals surface area contributed by atoms with Crippen molar-refractivity contribution in [3.05, 3.63) is 81.8 Å². The number of carboxylic acid groups (broad SMARTS) is 1. The molecular formula is C20H15Cl2NO5S. The van der Waals surface area contributed by atoms with Crippen LogP contribution in [0.15, 0.2) is 65.6 Å². The zero-order chi connectivity index (χ0) is 21.2. The lowest BCUT2D eigenvalue weighted by Crippen LogP contribution is -2.14. The molecule has 3 rings (SSSR count). The maximum absolute atomic E-state index is 12.6. The molecule has 0 aliphatic carbocycles. The summed E-state index contributed by atoms with van der Waals surface area (Å²) in [6.45, 7) is 1.60. The summed E-state index contributed by atoms with van der Waals surface area (Å²) in [7, 11) is -3.96. The van der Waals surface area contributed by atoms with Crippen LogP contribution < -0.4 is 9.46 Å². The third kappa shape index (κ3) is 5.00. The van der Waals surface area contributed by atoms with Gasteiger partial charge in [-0.3, -0.25) is 4.72 Å². The lowest BCUT2D eigenvalue weighted by atomic mass is 10.1. The number of anilines is 1. The molecule has 0 aliphatic heterocycles. The van der Waals surface area contributed by atoms with E-state index in [0.29, 0.717) is 27.1 Å². The predicted octanol–water partition coefficient (Wildman–Crippen LogP) is 5.59. The molecular weight excluding hydrogens is 437 g/mol. The summed E-state index contributed by atoms with van der Waals surface area (Å²) in [5, 5.41) is 10.0. The molecule has 0 bridgehead atoms. The van der Waals surface area contributed by atoms with Gasteiger partial charge in [0.1, 0.15) is 11.5 Å². The molecule has 0 aromatic heterocycles. The van der Waals surface area contributed by atoms with Gasteiger partial charge in [-0.1, -0.05) is 29.3 Å². The van der Waals surface area contributed by atoms with Crippen molar-refractivity contribution in [2.45, 2.75) is 11.8 Å². The lowest BCUT2D eigenvalue weighted by molar-refractivity contribution is 0.0696. The molecule has 0 atom stereocenters. The van der Waals surface area contributed by atoms with Gasteiger partial charge in [-0.2, -0.15) is 0 Å². The van der Waals surface area contributed by atoms with Gasteiger partial charge < -0.3 is 9.84 Å². The molecule has 0 heterocycles.